The molecule has 0 bridgehead atoms. The van der Waals surface area contributed by atoms with E-state index in [-0.39, 0.29) is 5.41 Å². The number of alkyl halides is 3. The second-order valence-electron chi connectivity index (χ2n) is 8.80. The van der Waals surface area contributed by atoms with Crippen molar-refractivity contribution in [1.82, 2.24) is 14.9 Å². The Hall–Kier alpha value is -2.19. The van der Waals surface area contributed by atoms with Crippen molar-refractivity contribution in [1.29, 1.82) is 0 Å². The molecule has 1 saturated carbocycles. The number of nitrogens with zero attached hydrogens (tertiary/aromatic N) is 4. The quantitative estimate of drug-likeness (QED) is 0.756. The van der Waals surface area contributed by atoms with Crippen molar-refractivity contribution in [3.8, 4) is 0 Å². The first-order valence-corrected chi connectivity index (χ1v) is 10.4. The highest BCUT2D eigenvalue weighted by atomic mass is 19.4. The summed E-state index contributed by atoms with van der Waals surface area (Å²) in [7, 11) is 0. The van der Waals surface area contributed by atoms with E-state index in [0.717, 1.165) is 64.0 Å². The van der Waals surface area contributed by atoms with E-state index < -0.39 is 11.9 Å². The summed E-state index contributed by atoms with van der Waals surface area (Å²) < 4.78 is 43.7. The van der Waals surface area contributed by atoms with Crippen LogP contribution in [0.15, 0.2) is 42.9 Å². The van der Waals surface area contributed by atoms with Crippen molar-refractivity contribution >= 4 is 5.69 Å². The van der Waals surface area contributed by atoms with E-state index in [1.54, 1.807) is 0 Å². The smallest absolute Gasteiger partial charge is 0.379 e. The topological polar surface area (TPSA) is 41.5 Å². The van der Waals surface area contributed by atoms with Gasteiger partial charge in [0.25, 0.3) is 0 Å². The van der Waals surface area contributed by atoms with Gasteiger partial charge in [-0.15, -0.1) is 0 Å². The molecule has 5 nitrogen and oxygen atoms in total. The van der Waals surface area contributed by atoms with Gasteiger partial charge in [0.15, 0.2) is 0 Å². The molecule has 2 aliphatic heterocycles. The average Bonchev–Trinajstić information content (AvgIpc) is 2.69. The third-order valence-corrected chi connectivity index (χ3v) is 6.76. The summed E-state index contributed by atoms with van der Waals surface area (Å²) in [6, 6.07) is 7.13. The molecule has 1 aliphatic carbocycles. The Kier molecular flexibility index (Phi) is 4.94. The number of rotatable bonds is 4. The molecule has 5 rings (SSSR count). The van der Waals surface area contributed by atoms with Gasteiger partial charge < -0.3 is 9.64 Å². The number of anilines is 1. The summed E-state index contributed by atoms with van der Waals surface area (Å²) in [5.41, 5.74) is 1.48. The van der Waals surface area contributed by atoms with Gasteiger partial charge in [0.2, 0.25) is 0 Å². The van der Waals surface area contributed by atoms with Gasteiger partial charge >= 0.3 is 6.18 Å². The number of hydrogen-bond acceptors (Lipinski definition) is 5. The molecule has 1 unspecified atom stereocenters. The third kappa shape index (κ3) is 3.67. The lowest BCUT2D eigenvalue weighted by molar-refractivity contribution is -0.141. The Bertz CT molecular complexity index is 854. The number of pyridine rings is 2. The highest BCUT2D eigenvalue weighted by Crippen LogP contribution is 2.57. The molecule has 30 heavy (non-hydrogen) atoms. The Morgan fingerprint density at radius 2 is 1.83 bits per heavy atom. The normalized spacial score (nSPS) is 23.1. The van der Waals surface area contributed by atoms with Crippen LogP contribution >= 0.6 is 0 Å². The van der Waals surface area contributed by atoms with Gasteiger partial charge in [0.05, 0.1) is 25.1 Å². The lowest BCUT2D eigenvalue weighted by Gasteiger charge is -2.62. The Balaban J connectivity index is 1.23. The lowest BCUT2D eigenvalue weighted by Crippen LogP contribution is -2.64. The molecule has 3 fully saturated rings. The zero-order valence-electron chi connectivity index (χ0n) is 16.7. The minimum absolute atomic E-state index is 0.278. The molecule has 3 aliphatic rings. The van der Waals surface area contributed by atoms with E-state index in [4.69, 9.17) is 4.74 Å². The molecule has 2 saturated heterocycles. The van der Waals surface area contributed by atoms with Crippen molar-refractivity contribution in [3.63, 3.8) is 0 Å². The largest absolute Gasteiger partial charge is 0.433 e. The molecular weight excluding hydrogens is 393 g/mol. The summed E-state index contributed by atoms with van der Waals surface area (Å²) in [5.74, 6) is 0.570. The molecule has 2 aromatic rings. The van der Waals surface area contributed by atoms with Crippen molar-refractivity contribution < 1.29 is 17.9 Å². The molecule has 0 radical (unpaired) electrons. The second kappa shape index (κ2) is 7.50. The Morgan fingerprint density at radius 1 is 1.07 bits per heavy atom. The highest BCUT2D eigenvalue weighted by molar-refractivity contribution is 5.49. The SMILES string of the molecule is FC(F)(F)c1ccc(N2CC3(CC(C(c4cccnc4)N4CCOCC4)C3)C2)cn1. The molecule has 4 heterocycles. The van der Waals surface area contributed by atoms with E-state index in [1.165, 1.54) is 17.8 Å². The van der Waals surface area contributed by atoms with Crippen LogP contribution in [0, 0.1) is 11.3 Å². The first-order chi connectivity index (χ1) is 14.4. The zero-order valence-corrected chi connectivity index (χ0v) is 16.7. The van der Waals surface area contributed by atoms with Gasteiger partial charge in [-0.1, -0.05) is 6.07 Å². The molecule has 160 valence electrons. The zero-order chi connectivity index (χ0) is 20.8. The van der Waals surface area contributed by atoms with Gasteiger partial charge in [-0.2, -0.15) is 13.2 Å². The van der Waals surface area contributed by atoms with Gasteiger partial charge in [0, 0.05) is 50.0 Å². The van der Waals surface area contributed by atoms with Crippen LogP contribution in [0.1, 0.15) is 30.1 Å². The number of ether oxygens (including phenoxy) is 1. The molecule has 8 heteroatoms. The fourth-order valence-electron chi connectivity index (χ4n) is 5.41. The van der Waals surface area contributed by atoms with E-state index in [2.05, 4.69) is 25.8 Å². The fraction of sp³-hybridized carbons (Fsp3) is 0.545. The van der Waals surface area contributed by atoms with Crippen LogP contribution in [0.5, 0.6) is 0 Å². The number of aromatic nitrogens is 2. The monoisotopic (exact) mass is 418 g/mol. The maximum absolute atomic E-state index is 12.7. The van der Waals surface area contributed by atoms with Gasteiger partial charge in [-0.25, -0.2) is 4.98 Å². The van der Waals surface area contributed by atoms with E-state index in [1.807, 2.05) is 18.5 Å². The predicted octanol–water partition coefficient (Wildman–Crippen LogP) is 3.79. The van der Waals surface area contributed by atoms with Gasteiger partial charge in [0.1, 0.15) is 5.69 Å². The Morgan fingerprint density at radius 3 is 2.43 bits per heavy atom. The molecule has 1 atom stereocenters. The molecule has 0 aromatic carbocycles. The van der Waals surface area contributed by atoms with Crippen LogP contribution in [0.25, 0.3) is 0 Å². The second-order valence-corrected chi connectivity index (χ2v) is 8.80. The van der Waals surface area contributed by atoms with Crippen molar-refractivity contribution in [2.24, 2.45) is 11.3 Å². The van der Waals surface area contributed by atoms with Crippen LogP contribution < -0.4 is 4.90 Å². The first-order valence-electron chi connectivity index (χ1n) is 10.4. The summed E-state index contributed by atoms with van der Waals surface area (Å²) >= 11 is 0. The Labute approximate surface area is 173 Å². The summed E-state index contributed by atoms with van der Waals surface area (Å²) in [6.07, 6.45) is 3.01. The maximum atomic E-state index is 12.7. The van der Waals surface area contributed by atoms with Gasteiger partial charge in [-0.05, 0) is 42.5 Å². The molecule has 0 amide bonds. The van der Waals surface area contributed by atoms with Crippen LogP contribution in [-0.4, -0.2) is 54.3 Å². The molecule has 1 spiro atoms. The van der Waals surface area contributed by atoms with E-state index in [9.17, 15) is 13.2 Å². The van der Waals surface area contributed by atoms with Crippen molar-refractivity contribution in [2.45, 2.75) is 25.1 Å². The average molecular weight is 418 g/mol. The van der Waals surface area contributed by atoms with Crippen molar-refractivity contribution in [3.05, 3.63) is 54.1 Å². The summed E-state index contributed by atoms with van der Waals surface area (Å²) in [5, 5.41) is 0. The summed E-state index contributed by atoms with van der Waals surface area (Å²) in [4.78, 5) is 12.6. The lowest BCUT2D eigenvalue weighted by atomic mass is 9.55. The minimum Gasteiger partial charge on any atom is -0.379 e. The van der Waals surface area contributed by atoms with Crippen LogP contribution in [-0.2, 0) is 10.9 Å². The number of morpholine rings is 1. The summed E-state index contributed by atoms with van der Waals surface area (Å²) in [6.45, 7) is 5.18. The number of halogens is 3. The van der Waals surface area contributed by atoms with Gasteiger partial charge in [-0.3, -0.25) is 9.88 Å². The van der Waals surface area contributed by atoms with E-state index in [0.29, 0.717) is 12.0 Å². The molecule has 0 N–H and O–H groups in total. The standard InChI is InChI=1S/C22H25F3N4O/c23-22(24,25)19-4-3-18(13-27-19)29-14-21(15-29)10-17(11-21)20(16-2-1-5-26-12-16)28-6-8-30-9-7-28/h1-5,12-13,17,20H,6-11,14-15H2. The first kappa shape index (κ1) is 19.8. The van der Waals surface area contributed by atoms with Crippen LogP contribution in [0.2, 0.25) is 0 Å². The minimum atomic E-state index is -4.39. The highest BCUT2D eigenvalue weighted by Gasteiger charge is 2.55. The third-order valence-electron chi connectivity index (χ3n) is 6.76. The maximum Gasteiger partial charge on any atom is 0.433 e. The predicted molar refractivity (Wildman–Crippen MR) is 106 cm³/mol. The van der Waals surface area contributed by atoms with Crippen molar-refractivity contribution in [2.75, 3.05) is 44.3 Å². The van der Waals surface area contributed by atoms with E-state index >= 15 is 0 Å². The van der Waals surface area contributed by atoms with Crippen LogP contribution in [0.3, 0.4) is 0 Å². The number of hydrogen-bond donors (Lipinski definition) is 0. The molecule has 2 aromatic heterocycles. The fourth-order valence-corrected chi connectivity index (χ4v) is 5.41. The van der Waals surface area contributed by atoms with Crippen LogP contribution in [0.4, 0.5) is 18.9 Å². The molecular formula is C22H25F3N4O.